The van der Waals surface area contributed by atoms with Gasteiger partial charge in [-0.25, -0.2) is 0 Å². The molecule has 0 bridgehead atoms. The van der Waals surface area contributed by atoms with Crippen molar-refractivity contribution in [1.82, 2.24) is 8.77 Å². The van der Waals surface area contributed by atoms with Gasteiger partial charge < -0.3 is 0 Å². The highest BCUT2D eigenvalue weighted by Crippen LogP contribution is 2.14. The van der Waals surface area contributed by atoms with Crippen LogP contribution in [0, 0.1) is 0 Å². The van der Waals surface area contributed by atoms with Gasteiger partial charge in [0.15, 0.2) is 0 Å². The molecule has 0 amide bonds. The third-order valence-corrected chi connectivity index (χ3v) is 3.79. The van der Waals surface area contributed by atoms with Gasteiger partial charge in [-0.3, -0.25) is 4.84 Å². The highest BCUT2D eigenvalue weighted by molar-refractivity contribution is 7.86. The first-order chi connectivity index (χ1) is 5.59. The molecule has 1 aliphatic rings. The Morgan fingerprint density at radius 3 is 2.25 bits per heavy atom. The summed E-state index contributed by atoms with van der Waals surface area (Å²) in [7, 11) is -0.607. The summed E-state index contributed by atoms with van der Waals surface area (Å²) in [6.45, 7) is 1.21. The first-order valence-electron chi connectivity index (χ1n) is 3.87. The molecule has 0 radical (unpaired) electrons. The number of rotatable bonds is 3. The van der Waals surface area contributed by atoms with Crippen LogP contribution in [0.1, 0.15) is 12.8 Å². The van der Waals surface area contributed by atoms with Crippen molar-refractivity contribution >= 4 is 10.2 Å². The summed E-state index contributed by atoms with van der Waals surface area (Å²) in [6, 6.07) is 0. The van der Waals surface area contributed by atoms with Gasteiger partial charge in [0, 0.05) is 20.1 Å². The van der Waals surface area contributed by atoms with E-state index in [1.165, 1.54) is 18.5 Å². The number of hydrogen-bond acceptors (Lipinski definition) is 3. The normalized spacial score (nSPS) is 20.6. The van der Waals surface area contributed by atoms with Crippen LogP contribution in [-0.2, 0) is 15.0 Å². The second kappa shape index (κ2) is 3.69. The maximum absolute atomic E-state index is 11.5. The Morgan fingerprint density at radius 1 is 1.33 bits per heavy atom. The van der Waals surface area contributed by atoms with Crippen molar-refractivity contribution in [3.63, 3.8) is 0 Å². The van der Waals surface area contributed by atoms with E-state index in [1.54, 1.807) is 0 Å². The Kier molecular flexibility index (Phi) is 3.05. The molecular formula is C6H14N2O3S. The van der Waals surface area contributed by atoms with Crippen molar-refractivity contribution in [1.29, 1.82) is 0 Å². The molecule has 12 heavy (non-hydrogen) atoms. The van der Waals surface area contributed by atoms with Crippen molar-refractivity contribution in [2.75, 3.05) is 27.2 Å². The van der Waals surface area contributed by atoms with Crippen LogP contribution in [-0.4, -0.2) is 44.4 Å². The maximum atomic E-state index is 11.5. The zero-order valence-corrected chi connectivity index (χ0v) is 8.17. The molecule has 0 aliphatic carbocycles. The van der Waals surface area contributed by atoms with Gasteiger partial charge in [0.25, 0.3) is 0 Å². The summed E-state index contributed by atoms with van der Waals surface area (Å²) < 4.78 is 25.3. The Balaban J connectivity index is 2.70. The van der Waals surface area contributed by atoms with Crippen molar-refractivity contribution < 1.29 is 13.3 Å². The van der Waals surface area contributed by atoms with E-state index in [0.717, 1.165) is 17.3 Å². The van der Waals surface area contributed by atoms with Gasteiger partial charge in [-0.2, -0.15) is 12.7 Å². The Morgan fingerprint density at radius 2 is 1.83 bits per heavy atom. The van der Waals surface area contributed by atoms with Crippen molar-refractivity contribution in [3.05, 3.63) is 0 Å². The first kappa shape index (κ1) is 9.91. The van der Waals surface area contributed by atoms with Crippen LogP contribution in [0.2, 0.25) is 0 Å². The highest BCUT2D eigenvalue weighted by Gasteiger charge is 2.29. The third kappa shape index (κ3) is 1.77. The van der Waals surface area contributed by atoms with Gasteiger partial charge in [0.1, 0.15) is 0 Å². The smallest absolute Gasteiger partial charge is 0.287 e. The van der Waals surface area contributed by atoms with Gasteiger partial charge in [-0.15, -0.1) is 0 Å². The monoisotopic (exact) mass is 194 g/mol. The lowest BCUT2D eigenvalue weighted by Gasteiger charge is -2.21. The van der Waals surface area contributed by atoms with Gasteiger partial charge >= 0.3 is 10.2 Å². The molecule has 1 heterocycles. The lowest BCUT2D eigenvalue weighted by molar-refractivity contribution is -0.0310. The molecule has 1 fully saturated rings. The maximum Gasteiger partial charge on any atom is 0.303 e. The van der Waals surface area contributed by atoms with Gasteiger partial charge in [0.05, 0.1) is 7.11 Å². The largest absolute Gasteiger partial charge is 0.303 e. The average Bonchev–Trinajstić information content (AvgIpc) is 2.55. The summed E-state index contributed by atoms with van der Waals surface area (Å²) in [6.07, 6.45) is 1.88. The standard InChI is InChI=1S/C6H14N2O3S/c1-7(11-2)12(9,10)8-5-3-4-6-8/h3-6H2,1-2H3. The van der Waals surface area contributed by atoms with Crippen LogP contribution >= 0.6 is 0 Å². The minimum atomic E-state index is -3.34. The van der Waals surface area contributed by atoms with E-state index < -0.39 is 10.2 Å². The van der Waals surface area contributed by atoms with Crippen LogP contribution < -0.4 is 0 Å². The van der Waals surface area contributed by atoms with E-state index in [1.807, 2.05) is 0 Å². The SMILES string of the molecule is CON(C)S(=O)(=O)N1CCCC1. The van der Waals surface area contributed by atoms with Crippen LogP contribution in [0.5, 0.6) is 0 Å². The van der Waals surface area contributed by atoms with E-state index in [0.29, 0.717) is 13.1 Å². The first-order valence-corrected chi connectivity index (χ1v) is 5.27. The minimum Gasteiger partial charge on any atom is -0.287 e. The fourth-order valence-corrected chi connectivity index (χ4v) is 2.41. The summed E-state index contributed by atoms with van der Waals surface area (Å²) in [5.41, 5.74) is 0. The molecule has 0 atom stereocenters. The third-order valence-electron chi connectivity index (χ3n) is 1.97. The molecular weight excluding hydrogens is 180 g/mol. The Bertz CT molecular complexity index is 233. The quantitative estimate of drug-likeness (QED) is 0.586. The summed E-state index contributed by atoms with van der Waals surface area (Å²) >= 11 is 0. The second-order valence-corrected chi connectivity index (χ2v) is 4.63. The molecule has 0 aromatic carbocycles. The molecule has 0 spiro atoms. The van der Waals surface area contributed by atoms with Crippen LogP contribution in [0.15, 0.2) is 0 Å². The van der Waals surface area contributed by atoms with E-state index in [4.69, 9.17) is 0 Å². The van der Waals surface area contributed by atoms with Gasteiger partial charge in [0.2, 0.25) is 0 Å². The molecule has 0 N–H and O–H groups in total. The van der Waals surface area contributed by atoms with E-state index in [-0.39, 0.29) is 0 Å². The highest BCUT2D eigenvalue weighted by atomic mass is 32.2. The molecule has 0 unspecified atom stereocenters. The molecule has 0 aromatic heterocycles. The lowest BCUT2D eigenvalue weighted by atomic mass is 10.4. The number of hydroxylamine groups is 1. The van der Waals surface area contributed by atoms with Crippen molar-refractivity contribution in [2.45, 2.75) is 12.8 Å². The summed E-state index contributed by atoms with van der Waals surface area (Å²) in [5, 5.41) is 0. The molecule has 5 nitrogen and oxygen atoms in total. The predicted molar refractivity (Wildman–Crippen MR) is 44.5 cm³/mol. The molecule has 72 valence electrons. The zero-order chi connectivity index (χ0) is 9.19. The van der Waals surface area contributed by atoms with E-state index in [9.17, 15) is 8.42 Å². The minimum absolute atomic E-state index is 0.607. The Labute approximate surface area is 73.0 Å². The molecule has 6 heteroatoms. The van der Waals surface area contributed by atoms with Gasteiger partial charge in [-0.1, -0.05) is 4.47 Å². The summed E-state index contributed by atoms with van der Waals surface area (Å²) in [4.78, 5) is 4.63. The lowest BCUT2D eigenvalue weighted by Crippen LogP contribution is -2.39. The molecule has 0 aromatic rings. The Hall–Kier alpha value is -0.170. The molecule has 1 saturated heterocycles. The van der Waals surface area contributed by atoms with Crippen LogP contribution in [0.25, 0.3) is 0 Å². The van der Waals surface area contributed by atoms with E-state index >= 15 is 0 Å². The summed E-state index contributed by atoms with van der Waals surface area (Å²) in [5.74, 6) is 0. The molecule has 1 aliphatic heterocycles. The fraction of sp³-hybridized carbons (Fsp3) is 1.00. The predicted octanol–water partition coefficient (Wildman–Crippen LogP) is -0.180. The van der Waals surface area contributed by atoms with Gasteiger partial charge in [-0.05, 0) is 12.8 Å². The van der Waals surface area contributed by atoms with E-state index in [2.05, 4.69) is 4.84 Å². The zero-order valence-electron chi connectivity index (χ0n) is 7.36. The fourth-order valence-electron chi connectivity index (χ4n) is 1.18. The second-order valence-electron chi connectivity index (χ2n) is 2.71. The van der Waals surface area contributed by atoms with Crippen molar-refractivity contribution in [3.8, 4) is 0 Å². The van der Waals surface area contributed by atoms with Crippen LogP contribution in [0.3, 0.4) is 0 Å². The topological polar surface area (TPSA) is 49.9 Å². The molecule has 1 rings (SSSR count). The average molecular weight is 194 g/mol. The van der Waals surface area contributed by atoms with Crippen LogP contribution in [0.4, 0.5) is 0 Å². The number of hydrogen-bond donors (Lipinski definition) is 0. The number of nitrogens with zero attached hydrogens (tertiary/aromatic N) is 2. The molecule has 0 saturated carbocycles. The van der Waals surface area contributed by atoms with Crippen molar-refractivity contribution in [2.24, 2.45) is 0 Å².